The number of nitrogens with zero attached hydrogens (tertiary/aromatic N) is 3. The Hall–Kier alpha value is -2.65. The highest BCUT2D eigenvalue weighted by Crippen LogP contribution is 2.45. The first-order valence-corrected chi connectivity index (χ1v) is 13.1. The van der Waals surface area contributed by atoms with Gasteiger partial charge in [0.15, 0.2) is 6.29 Å². The van der Waals surface area contributed by atoms with Gasteiger partial charge in [-0.3, -0.25) is 4.90 Å². The highest BCUT2D eigenvalue weighted by molar-refractivity contribution is 5.35. The van der Waals surface area contributed by atoms with Crippen LogP contribution in [-0.4, -0.2) is 87.6 Å². The first-order valence-electron chi connectivity index (χ1n) is 13.1. The fraction of sp³-hybridized carbons (Fsp3) is 0.556. The van der Waals surface area contributed by atoms with Crippen molar-refractivity contribution in [2.24, 2.45) is 11.8 Å². The summed E-state index contributed by atoms with van der Waals surface area (Å²) in [5, 5.41) is 1.70. The summed E-state index contributed by atoms with van der Waals surface area (Å²) in [6.07, 6.45) is -9.33. The van der Waals surface area contributed by atoms with Gasteiger partial charge in [-0.15, -0.1) is 5.12 Å². The SMILES string of the molecule is CC1C(C(F)(F)F)=CC(CO[C@H]2OCCN(CC3=C(CN(C)C)NN(C)N3)C2c2ccc(F)cc2)=CC1C(F)(F)F. The van der Waals surface area contributed by atoms with Gasteiger partial charge in [-0.25, -0.2) is 4.39 Å². The van der Waals surface area contributed by atoms with Gasteiger partial charge in [-0.05, 0) is 43.4 Å². The standard InChI is InChI=1S/C27H34F7N5O2/c1-16-20(26(29,30)31)11-17(12-21(16)27(32,33)34)15-41-25-24(18-5-7-19(28)8-6-18)39(9-10-40-25)14-23-22(13-37(2)3)35-38(4)36-23/h5-8,11-12,16,20,24-25,35-36H,9-10,13-15H2,1-4H3/t16?,20?,24?,25-/m1/s1. The van der Waals surface area contributed by atoms with Gasteiger partial charge in [0, 0.05) is 38.2 Å². The Kier molecular flexibility index (Phi) is 9.38. The summed E-state index contributed by atoms with van der Waals surface area (Å²) in [6, 6.07) is 5.04. The number of hydrogen-bond acceptors (Lipinski definition) is 7. The van der Waals surface area contributed by atoms with E-state index in [-0.39, 0.29) is 12.2 Å². The van der Waals surface area contributed by atoms with E-state index in [1.54, 1.807) is 24.3 Å². The number of benzene rings is 1. The number of likely N-dealkylation sites (N-methyl/N-ethyl adjacent to an activating group) is 1. The van der Waals surface area contributed by atoms with Crippen molar-refractivity contribution in [3.05, 3.63) is 70.3 Å². The molecule has 41 heavy (non-hydrogen) atoms. The number of allylic oxidation sites excluding steroid dienone is 2. The van der Waals surface area contributed by atoms with Gasteiger partial charge in [-0.1, -0.05) is 25.1 Å². The molecule has 4 rings (SSSR count). The van der Waals surface area contributed by atoms with E-state index >= 15 is 0 Å². The van der Waals surface area contributed by atoms with Gasteiger partial charge >= 0.3 is 12.4 Å². The van der Waals surface area contributed by atoms with E-state index in [4.69, 9.17) is 9.47 Å². The normalized spacial score (nSPS) is 26.6. The molecule has 1 aromatic carbocycles. The highest BCUT2D eigenvalue weighted by Gasteiger charge is 2.50. The number of nitrogens with one attached hydrogen (secondary N) is 2. The summed E-state index contributed by atoms with van der Waals surface area (Å²) < 4.78 is 107. The average Bonchev–Trinajstić information content (AvgIpc) is 3.20. The maximum atomic E-state index is 13.8. The summed E-state index contributed by atoms with van der Waals surface area (Å²) in [5.74, 6) is -4.56. The third-order valence-corrected chi connectivity index (χ3v) is 7.21. The first-order chi connectivity index (χ1) is 19.1. The fourth-order valence-electron chi connectivity index (χ4n) is 5.32. The molecule has 1 saturated heterocycles. The molecule has 3 unspecified atom stereocenters. The first kappa shape index (κ1) is 31.3. The molecule has 1 aliphatic carbocycles. The average molecular weight is 594 g/mol. The van der Waals surface area contributed by atoms with Gasteiger partial charge in [0.1, 0.15) is 5.82 Å². The molecule has 0 aromatic heterocycles. The van der Waals surface area contributed by atoms with Crippen molar-refractivity contribution in [2.75, 3.05) is 54.0 Å². The molecule has 0 bridgehead atoms. The zero-order chi connectivity index (χ0) is 30.1. The van der Waals surface area contributed by atoms with E-state index in [1.165, 1.54) is 12.1 Å². The molecule has 0 radical (unpaired) electrons. The molecule has 0 spiro atoms. The van der Waals surface area contributed by atoms with Crippen molar-refractivity contribution in [3.63, 3.8) is 0 Å². The van der Waals surface area contributed by atoms with Crippen LogP contribution in [0.4, 0.5) is 30.7 Å². The van der Waals surface area contributed by atoms with E-state index in [1.807, 2.05) is 23.9 Å². The Balaban J connectivity index is 1.61. The Labute approximate surface area is 234 Å². The number of hydrogen-bond donors (Lipinski definition) is 2. The van der Waals surface area contributed by atoms with E-state index in [0.717, 1.165) is 30.5 Å². The molecule has 3 aliphatic rings. The number of halogens is 7. The van der Waals surface area contributed by atoms with Crippen LogP contribution in [0.2, 0.25) is 0 Å². The second-order valence-corrected chi connectivity index (χ2v) is 10.7. The Morgan fingerprint density at radius 2 is 1.71 bits per heavy atom. The maximum absolute atomic E-state index is 13.8. The number of rotatable bonds is 8. The molecule has 2 heterocycles. The molecule has 228 valence electrons. The monoisotopic (exact) mass is 593 g/mol. The van der Waals surface area contributed by atoms with Gasteiger partial charge < -0.3 is 25.2 Å². The molecular weight excluding hydrogens is 559 g/mol. The number of ether oxygens (including phenoxy) is 2. The smallest absolute Gasteiger partial charge is 0.349 e. The lowest BCUT2D eigenvalue weighted by Gasteiger charge is -2.41. The summed E-state index contributed by atoms with van der Waals surface area (Å²) in [4.78, 5) is 4.01. The number of morpholine rings is 1. The minimum atomic E-state index is -4.93. The largest absolute Gasteiger partial charge is 0.412 e. The third-order valence-electron chi connectivity index (χ3n) is 7.21. The quantitative estimate of drug-likeness (QED) is 0.431. The molecule has 2 aliphatic heterocycles. The van der Waals surface area contributed by atoms with Crippen LogP contribution in [0.15, 0.2) is 59.0 Å². The van der Waals surface area contributed by atoms with Crippen molar-refractivity contribution in [1.82, 2.24) is 25.8 Å². The molecule has 7 nitrogen and oxygen atoms in total. The third kappa shape index (κ3) is 7.60. The van der Waals surface area contributed by atoms with Crippen LogP contribution in [0.5, 0.6) is 0 Å². The van der Waals surface area contributed by atoms with Gasteiger partial charge in [0.05, 0.1) is 36.6 Å². The predicted octanol–water partition coefficient (Wildman–Crippen LogP) is 4.51. The zero-order valence-electron chi connectivity index (χ0n) is 23.1. The summed E-state index contributed by atoms with van der Waals surface area (Å²) in [6.45, 7) is 2.03. The van der Waals surface area contributed by atoms with Crippen molar-refractivity contribution in [3.8, 4) is 0 Å². The summed E-state index contributed by atoms with van der Waals surface area (Å²) in [5.41, 5.74) is 7.37. The lowest BCUT2D eigenvalue weighted by molar-refractivity contribution is -0.206. The highest BCUT2D eigenvalue weighted by atomic mass is 19.4. The lowest BCUT2D eigenvalue weighted by Crippen LogP contribution is -2.48. The van der Waals surface area contributed by atoms with Crippen LogP contribution >= 0.6 is 0 Å². The van der Waals surface area contributed by atoms with E-state index in [9.17, 15) is 30.7 Å². The number of hydrazine groups is 2. The lowest BCUT2D eigenvalue weighted by atomic mass is 9.80. The molecule has 1 aromatic rings. The Morgan fingerprint density at radius 3 is 2.32 bits per heavy atom. The molecular formula is C27H34F7N5O2. The zero-order valence-corrected chi connectivity index (χ0v) is 23.1. The van der Waals surface area contributed by atoms with Crippen LogP contribution in [0.1, 0.15) is 18.5 Å². The fourth-order valence-corrected chi connectivity index (χ4v) is 5.32. The second-order valence-electron chi connectivity index (χ2n) is 10.7. The van der Waals surface area contributed by atoms with E-state index in [0.29, 0.717) is 25.2 Å². The molecule has 0 amide bonds. The predicted molar refractivity (Wildman–Crippen MR) is 137 cm³/mol. The summed E-state index contributed by atoms with van der Waals surface area (Å²) in [7, 11) is 5.65. The van der Waals surface area contributed by atoms with Crippen molar-refractivity contribution in [2.45, 2.75) is 31.6 Å². The van der Waals surface area contributed by atoms with Crippen LogP contribution in [0, 0.1) is 17.7 Å². The maximum Gasteiger partial charge on any atom is 0.412 e. The number of alkyl halides is 6. The van der Waals surface area contributed by atoms with Crippen LogP contribution < -0.4 is 10.9 Å². The van der Waals surface area contributed by atoms with E-state index < -0.39 is 54.5 Å². The van der Waals surface area contributed by atoms with Gasteiger partial charge in [0.2, 0.25) is 0 Å². The van der Waals surface area contributed by atoms with Crippen LogP contribution in [-0.2, 0) is 9.47 Å². The van der Waals surface area contributed by atoms with Crippen LogP contribution in [0.25, 0.3) is 0 Å². The van der Waals surface area contributed by atoms with Crippen molar-refractivity contribution < 1.29 is 40.2 Å². The molecule has 1 fully saturated rings. The van der Waals surface area contributed by atoms with Crippen molar-refractivity contribution >= 4 is 0 Å². The topological polar surface area (TPSA) is 52.2 Å². The van der Waals surface area contributed by atoms with Crippen molar-refractivity contribution in [1.29, 1.82) is 0 Å². The summed E-state index contributed by atoms with van der Waals surface area (Å²) >= 11 is 0. The molecule has 2 N–H and O–H groups in total. The minimum Gasteiger partial charge on any atom is -0.349 e. The second kappa shape index (κ2) is 12.3. The molecule has 4 atom stereocenters. The van der Waals surface area contributed by atoms with E-state index in [2.05, 4.69) is 10.9 Å². The van der Waals surface area contributed by atoms with Gasteiger partial charge in [0.25, 0.3) is 0 Å². The van der Waals surface area contributed by atoms with Gasteiger partial charge in [-0.2, -0.15) is 26.3 Å². The molecule has 0 saturated carbocycles. The minimum absolute atomic E-state index is 0.201. The Morgan fingerprint density at radius 1 is 1.05 bits per heavy atom. The van der Waals surface area contributed by atoms with Crippen LogP contribution in [0.3, 0.4) is 0 Å². The Bertz CT molecular complexity index is 1160. The molecule has 14 heteroatoms.